The van der Waals surface area contributed by atoms with E-state index in [9.17, 15) is 0 Å². The first kappa shape index (κ1) is 17.4. The molecule has 1 aromatic rings. The van der Waals surface area contributed by atoms with Crippen LogP contribution < -0.4 is 14.2 Å². The molecular formula is C21H32O3. The highest BCUT2D eigenvalue weighted by Crippen LogP contribution is 2.33. The monoisotopic (exact) mass is 332 g/mol. The van der Waals surface area contributed by atoms with Gasteiger partial charge in [-0.1, -0.05) is 38.5 Å². The van der Waals surface area contributed by atoms with E-state index < -0.39 is 0 Å². The van der Waals surface area contributed by atoms with Gasteiger partial charge in [-0.3, -0.25) is 0 Å². The number of benzene rings is 1. The van der Waals surface area contributed by atoms with Crippen molar-refractivity contribution >= 4 is 0 Å². The maximum absolute atomic E-state index is 6.04. The number of ether oxygens (including phenoxy) is 3. The van der Waals surface area contributed by atoms with Gasteiger partial charge in [-0.05, 0) is 49.7 Å². The largest absolute Gasteiger partial charge is 0.493 e. The zero-order chi connectivity index (χ0) is 16.6. The quantitative estimate of drug-likeness (QED) is 0.649. The van der Waals surface area contributed by atoms with Crippen molar-refractivity contribution in [2.75, 3.05) is 20.3 Å². The second-order valence-corrected chi connectivity index (χ2v) is 7.44. The molecule has 0 spiro atoms. The first-order chi connectivity index (χ1) is 11.8. The predicted octanol–water partition coefficient (Wildman–Crippen LogP) is 5.61. The van der Waals surface area contributed by atoms with Gasteiger partial charge in [0.1, 0.15) is 5.75 Å². The SMILES string of the molecule is COc1cc(OCC2CCCCC2)ccc1OCC1CCCCC1. The van der Waals surface area contributed by atoms with Gasteiger partial charge in [-0.15, -0.1) is 0 Å². The minimum absolute atomic E-state index is 0.700. The molecule has 0 unspecified atom stereocenters. The van der Waals surface area contributed by atoms with Crippen LogP contribution in [0.1, 0.15) is 64.2 Å². The summed E-state index contributed by atoms with van der Waals surface area (Å²) in [7, 11) is 1.70. The van der Waals surface area contributed by atoms with Crippen molar-refractivity contribution < 1.29 is 14.2 Å². The van der Waals surface area contributed by atoms with Crippen molar-refractivity contribution in [1.82, 2.24) is 0 Å². The molecule has 2 fully saturated rings. The molecule has 0 atom stereocenters. The van der Waals surface area contributed by atoms with E-state index in [4.69, 9.17) is 14.2 Å². The zero-order valence-corrected chi connectivity index (χ0v) is 15.1. The van der Waals surface area contributed by atoms with Gasteiger partial charge in [0, 0.05) is 6.07 Å². The second-order valence-electron chi connectivity index (χ2n) is 7.44. The third kappa shape index (κ3) is 5.06. The van der Waals surface area contributed by atoms with Crippen molar-refractivity contribution in [3.05, 3.63) is 18.2 Å². The van der Waals surface area contributed by atoms with E-state index >= 15 is 0 Å². The first-order valence-corrected chi connectivity index (χ1v) is 9.79. The fourth-order valence-corrected chi connectivity index (χ4v) is 3.99. The third-order valence-electron chi connectivity index (χ3n) is 5.54. The first-order valence-electron chi connectivity index (χ1n) is 9.79. The van der Waals surface area contributed by atoms with Gasteiger partial charge < -0.3 is 14.2 Å². The Balaban J connectivity index is 1.51. The van der Waals surface area contributed by atoms with Crippen molar-refractivity contribution in [3.8, 4) is 17.2 Å². The van der Waals surface area contributed by atoms with Crippen molar-refractivity contribution in [1.29, 1.82) is 0 Å². The minimum Gasteiger partial charge on any atom is -0.493 e. The van der Waals surface area contributed by atoms with Crippen LogP contribution in [0, 0.1) is 11.8 Å². The molecule has 0 heterocycles. The van der Waals surface area contributed by atoms with Crippen LogP contribution in [0.15, 0.2) is 18.2 Å². The molecule has 0 aliphatic heterocycles. The third-order valence-corrected chi connectivity index (χ3v) is 5.54. The van der Waals surface area contributed by atoms with Gasteiger partial charge in [-0.25, -0.2) is 0 Å². The van der Waals surface area contributed by atoms with Gasteiger partial charge in [0.15, 0.2) is 11.5 Å². The van der Waals surface area contributed by atoms with E-state index in [2.05, 4.69) is 0 Å². The van der Waals surface area contributed by atoms with Gasteiger partial charge in [0.25, 0.3) is 0 Å². The Morgan fingerprint density at radius 2 is 1.33 bits per heavy atom. The van der Waals surface area contributed by atoms with Crippen molar-refractivity contribution in [3.63, 3.8) is 0 Å². The molecule has 0 amide bonds. The van der Waals surface area contributed by atoms with Crippen LogP contribution in [0.5, 0.6) is 17.2 Å². The lowest BCUT2D eigenvalue weighted by Crippen LogP contribution is -2.16. The van der Waals surface area contributed by atoms with E-state index in [1.165, 1.54) is 64.2 Å². The smallest absolute Gasteiger partial charge is 0.164 e. The predicted molar refractivity (Wildman–Crippen MR) is 97.1 cm³/mol. The molecule has 1 aromatic carbocycles. The lowest BCUT2D eigenvalue weighted by Gasteiger charge is -2.23. The fraction of sp³-hybridized carbons (Fsp3) is 0.714. The highest BCUT2D eigenvalue weighted by molar-refractivity contribution is 5.45. The maximum Gasteiger partial charge on any atom is 0.164 e. The molecule has 0 saturated heterocycles. The molecule has 0 N–H and O–H groups in total. The molecule has 2 aliphatic rings. The van der Waals surface area contributed by atoms with Gasteiger partial charge in [-0.2, -0.15) is 0 Å². The molecule has 0 radical (unpaired) electrons. The van der Waals surface area contributed by atoms with Gasteiger partial charge in [0.2, 0.25) is 0 Å². The number of hydrogen-bond acceptors (Lipinski definition) is 3. The summed E-state index contributed by atoms with van der Waals surface area (Å²) in [5.41, 5.74) is 0. The van der Waals surface area contributed by atoms with Crippen LogP contribution in [-0.4, -0.2) is 20.3 Å². The van der Waals surface area contributed by atoms with Gasteiger partial charge in [0.05, 0.1) is 20.3 Å². The Kier molecular flexibility index (Phi) is 6.68. The summed E-state index contributed by atoms with van der Waals surface area (Å²) in [6, 6.07) is 5.98. The van der Waals surface area contributed by atoms with E-state index in [1.807, 2.05) is 18.2 Å². The highest BCUT2D eigenvalue weighted by Gasteiger charge is 2.17. The number of rotatable bonds is 7. The van der Waals surface area contributed by atoms with Crippen LogP contribution in [0.2, 0.25) is 0 Å². The summed E-state index contributed by atoms with van der Waals surface area (Å²) in [4.78, 5) is 0. The van der Waals surface area contributed by atoms with E-state index in [0.29, 0.717) is 11.8 Å². The molecule has 3 nitrogen and oxygen atoms in total. The van der Waals surface area contributed by atoms with Crippen LogP contribution in [0.3, 0.4) is 0 Å². The second kappa shape index (κ2) is 9.19. The summed E-state index contributed by atoms with van der Waals surface area (Å²) in [5.74, 6) is 3.93. The summed E-state index contributed by atoms with van der Waals surface area (Å²) in [6.07, 6.45) is 13.4. The molecule has 2 saturated carbocycles. The lowest BCUT2D eigenvalue weighted by molar-refractivity contribution is 0.198. The van der Waals surface area contributed by atoms with Crippen molar-refractivity contribution in [2.45, 2.75) is 64.2 Å². The molecule has 2 aliphatic carbocycles. The van der Waals surface area contributed by atoms with Crippen LogP contribution in [-0.2, 0) is 0 Å². The molecule has 134 valence electrons. The van der Waals surface area contributed by atoms with Crippen LogP contribution >= 0.6 is 0 Å². The Morgan fingerprint density at radius 1 is 0.750 bits per heavy atom. The molecule has 24 heavy (non-hydrogen) atoms. The molecule has 0 bridgehead atoms. The zero-order valence-electron chi connectivity index (χ0n) is 15.1. The fourth-order valence-electron chi connectivity index (χ4n) is 3.99. The van der Waals surface area contributed by atoms with E-state index in [-0.39, 0.29) is 0 Å². The minimum atomic E-state index is 0.700. The standard InChI is InChI=1S/C21H32O3/c1-22-21-14-19(23-15-17-8-4-2-5-9-17)12-13-20(21)24-16-18-10-6-3-7-11-18/h12-14,17-18H,2-11,15-16H2,1H3. The highest BCUT2D eigenvalue weighted by atomic mass is 16.5. The lowest BCUT2D eigenvalue weighted by atomic mass is 9.90. The molecule has 0 aromatic heterocycles. The van der Waals surface area contributed by atoms with Gasteiger partial charge >= 0.3 is 0 Å². The topological polar surface area (TPSA) is 27.7 Å². The normalized spacial score (nSPS) is 19.9. The number of hydrogen-bond donors (Lipinski definition) is 0. The Labute approximate surface area is 146 Å². The van der Waals surface area contributed by atoms with Crippen LogP contribution in [0.25, 0.3) is 0 Å². The van der Waals surface area contributed by atoms with E-state index in [1.54, 1.807) is 7.11 Å². The summed E-state index contributed by atoms with van der Waals surface area (Å²) in [5, 5.41) is 0. The summed E-state index contributed by atoms with van der Waals surface area (Å²) >= 11 is 0. The number of methoxy groups -OCH3 is 1. The summed E-state index contributed by atoms with van der Waals surface area (Å²) in [6.45, 7) is 1.63. The molecule has 3 heteroatoms. The van der Waals surface area contributed by atoms with Crippen molar-refractivity contribution in [2.24, 2.45) is 11.8 Å². The average Bonchev–Trinajstić information content (AvgIpc) is 2.66. The molecular weight excluding hydrogens is 300 g/mol. The maximum atomic E-state index is 6.04. The molecule has 3 rings (SSSR count). The Bertz CT molecular complexity index is 488. The Morgan fingerprint density at radius 3 is 1.92 bits per heavy atom. The summed E-state index contributed by atoms with van der Waals surface area (Å²) < 4.78 is 17.6. The van der Waals surface area contributed by atoms with Crippen LogP contribution in [0.4, 0.5) is 0 Å². The average molecular weight is 332 g/mol. The van der Waals surface area contributed by atoms with E-state index in [0.717, 1.165) is 30.5 Å². The Hall–Kier alpha value is -1.38.